The molecule has 1 rings (SSSR count). The van der Waals surface area contributed by atoms with E-state index in [1.54, 1.807) is 20.3 Å². The van der Waals surface area contributed by atoms with Gasteiger partial charge in [0.05, 0.1) is 20.3 Å². The maximum absolute atomic E-state index is 10.3. The lowest BCUT2D eigenvalue weighted by atomic mass is 10.1. The smallest absolute Gasteiger partial charge is 0.207 e. The second-order valence-corrected chi connectivity index (χ2v) is 3.11. The molecule has 0 bridgehead atoms. The topological polar surface area (TPSA) is 47.6 Å². The Kier molecular flexibility index (Phi) is 3.97. The number of amides is 1. The maximum Gasteiger partial charge on any atom is 0.207 e. The average Bonchev–Trinajstić information content (AvgIpc) is 2.28. The fourth-order valence-electron chi connectivity index (χ4n) is 1.37. The average molecular weight is 209 g/mol. The highest BCUT2D eigenvalue weighted by molar-refractivity contribution is 5.50. The highest BCUT2D eigenvalue weighted by Gasteiger charge is 2.11. The van der Waals surface area contributed by atoms with E-state index in [2.05, 4.69) is 5.32 Å². The molecule has 82 valence electrons. The third kappa shape index (κ3) is 2.62. The Morgan fingerprint density at radius 3 is 2.60 bits per heavy atom. The normalized spacial score (nSPS) is 11.7. The van der Waals surface area contributed by atoms with Crippen LogP contribution in [0, 0.1) is 0 Å². The molecule has 1 atom stereocenters. The summed E-state index contributed by atoms with van der Waals surface area (Å²) in [5.41, 5.74) is 0.922. The summed E-state index contributed by atoms with van der Waals surface area (Å²) in [6.07, 6.45) is 0.675. The van der Waals surface area contributed by atoms with E-state index in [-0.39, 0.29) is 6.04 Å². The molecule has 0 fully saturated rings. The van der Waals surface area contributed by atoms with Crippen LogP contribution in [0.2, 0.25) is 0 Å². The summed E-state index contributed by atoms with van der Waals surface area (Å²) in [5, 5.41) is 2.67. The second-order valence-electron chi connectivity index (χ2n) is 3.11. The number of carbonyl (C=O) groups excluding carboxylic acids is 1. The summed E-state index contributed by atoms with van der Waals surface area (Å²) in [6, 6.07) is 5.42. The lowest BCUT2D eigenvalue weighted by molar-refractivity contribution is -0.110. The Hall–Kier alpha value is -1.71. The van der Waals surface area contributed by atoms with Gasteiger partial charge in [-0.25, -0.2) is 0 Å². The Morgan fingerprint density at radius 2 is 2.07 bits per heavy atom. The minimum atomic E-state index is -0.0802. The summed E-state index contributed by atoms with van der Waals surface area (Å²) < 4.78 is 10.3. The minimum absolute atomic E-state index is 0.0802. The Balaban J connectivity index is 3.01. The highest BCUT2D eigenvalue weighted by atomic mass is 16.5. The van der Waals surface area contributed by atoms with Gasteiger partial charge in [0.2, 0.25) is 6.41 Å². The monoisotopic (exact) mass is 209 g/mol. The molecule has 4 nitrogen and oxygen atoms in total. The summed E-state index contributed by atoms with van der Waals surface area (Å²) in [6.45, 7) is 1.89. The first kappa shape index (κ1) is 11.4. The second kappa shape index (κ2) is 5.24. The molecule has 1 unspecified atom stereocenters. The van der Waals surface area contributed by atoms with Gasteiger partial charge < -0.3 is 14.8 Å². The number of carbonyl (C=O) groups is 1. The number of methoxy groups -OCH3 is 2. The SMILES string of the molecule is COc1ccc(C(C)NC=O)c(OC)c1. The van der Waals surface area contributed by atoms with Gasteiger partial charge in [-0.2, -0.15) is 0 Å². The molecule has 0 heterocycles. The van der Waals surface area contributed by atoms with Crippen molar-refractivity contribution in [3.63, 3.8) is 0 Å². The van der Waals surface area contributed by atoms with E-state index in [0.29, 0.717) is 12.2 Å². The fraction of sp³-hybridized carbons (Fsp3) is 0.364. The molecule has 0 saturated heterocycles. The lowest BCUT2D eigenvalue weighted by Gasteiger charge is -2.15. The third-order valence-electron chi connectivity index (χ3n) is 2.23. The molecule has 4 heteroatoms. The van der Waals surface area contributed by atoms with E-state index in [1.807, 2.05) is 19.1 Å². The predicted octanol–water partition coefficient (Wildman–Crippen LogP) is 1.51. The molecule has 0 aliphatic carbocycles. The van der Waals surface area contributed by atoms with Crippen LogP contribution in [0.4, 0.5) is 0 Å². The molecule has 1 aromatic rings. The van der Waals surface area contributed by atoms with E-state index in [9.17, 15) is 4.79 Å². The van der Waals surface area contributed by atoms with Crippen LogP contribution < -0.4 is 14.8 Å². The molecule has 0 saturated carbocycles. The van der Waals surface area contributed by atoms with Gasteiger partial charge in [-0.1, -0.05) is 0 Å². The van der Waals surface area contributed by atoms with Crippen molar-refractivity contribution in [1.29, 1.82) is 0 Å². The van der Waals surface area contributed by atoms with Crippen LogP contribution in [0.1, 0.15) is 18.5 Å². The third-order valence-corrected chi connectivity index (χ3v) is 2.23. The predicted molar refractivity (Wildman–Crippen MR) is 57.2 cm³/mol. The quantitative estimate of drug-likeness (QED) is 0.748. The van der Waals surface area contributed by atoms with Gasteiger partial charge in [0.25, 0.3) is 0 Å². The number of hydrogen-bond donors (Lipinski definition) is 1. The Labute approximate surface area is 89.2 Å². The first-order chi connectivity index (χ1) is 7.22. The van der Waals surface area contributed by atoms with Crippen molar-refractivity contribution in [3.8, 4) is 11.5 Å². The zero-order valence-corrected chi connectivity index (χ0v) is 9.11. The molecular formula is C11H15NO3. The molecule has 1 N–H and O–H groups in total. The fourth-order valence-corrected chi connectivity index (χ4v) is 1.37. The molecule has 0 spiro atoms. The van der Waals surface area contributed by atoms with E-state index < -0.39 is 0 Å². The van der Waals surface area contributed by atoms with E-state index in [0.717, 1.165) is 11.3 Å². The van der Waals surface area contributed by atoms with Gasteiger partial charge in [-0.05, 0) is 19.1 Å². The molecule has 0 aliphatic rings. The van der Waals surface area contributed by atoms with Gasteiger partial charge in [0.15, 0.2) is 0 Å². The molecule has 0 aromatic heterocycles. The van der Waals surface area contributed by atoms with Gasteiger partial charge in [-0.3, -0.25) is 4.79 Å². The van der Waals surface area contributed by atoms with Crippen LogP contribution in [0.15, 0.2) is 18.2 Å². The van der Waals surface area contributed by atoms with Crippen LogP contribution in [0.5, 0.6) is 11.5 Å². The Morgan fingerprint density at radius 1 is 1.33 bits per heavy atom. The standard InChI is InChI=1S/C11H15NO3/c1-8(12-7-13)10-5-4-9(14-2)6-11(10)15-3/h4-8H,1-3H3,(H,12,13). The summed E-state index contributed by atoms with van der Waals surface area (Å²) in [5.74, 6) is 1.44. The first-order valence-corrected chi connectivity index (χ1v) is 4.64. The van der Waals surface area contributed by atoms with E-state index in [1.165, 1.54) is 0 Å². The zero-order chi connectivity index (χ0) is 11.3. The number of nitrogens with one attached hydrogen (secondary N) is 1. The number of rotatable bonds is 5. The summed E-state index contributed by atoms with van der Waals surface area (Å²) >= 11 is 0. The molecule has 1 aromatic carbocycles. The van der Waals surface area contributed by atoms with Crippen molar-refractivity contribution in [2.24, 2.45) is 0 Å². The first-order valence-electron chi connectivity index (χ1n) is 4.64. The van der Waals surface area contributed by atoms with Crippen LogP contribution in [-0.4, -0.2) is 20.6 Å². The van der Waals surface area contributed by atoms with Gasteiger partial charge in [0, 0.05) is 11.6 Å². The lowest BCUT2D eigenvalue weighted by Crippen LogP contribution is -2.16. The van der Waals surface area contributed by atoms with Gasteiger partial charge >= 0.3 is 0 Å². The molecule has 15 heavy (non-hydrogen) atoms. The van der Waals surface area contributed by atoms with Crippen molar-refractivity contribution >= 4 is 6.41 Å². The van der Waals surface area contributed by atoms with Gasteiger partial charge in [-0.15, -0.1) is 0 Å². The van der Waals surface area contributed by atoms with Crippen molar-refractivity contribution in [3.05, 3.63) is 23.8 Å². The highest BCUT2D eigenvalue weighted by Crippen LogP contribution is 2.28. The van der Waals surface area contributed by atoms with Crippen molar-refractivity contribution in [2.75, 3.05) is 14.2 Å². The largest absolute Gasteiger partial charge is 0.497 e. The van der Waals surface area contributed by atoms with Crippen molar-refractivity contribution in [1.82, 2.24) is 5.32 Å². The van der Waals surface area contributed by atoms with E-state index >= 15 is 0 Å². The number of ether oxygens (including phenoxy) is 2. The molecular weight excluding hydrogens is 194 g/mol. The minimum Gasteiger partial charge on any atom is -0.497 e. The van der Waals surface area contributed by atoms with E-state index in [4.69, 9.17) is 9.47 Å². The summed E-state index contributed by atoms with van der Waals surface area (Å²) in [4.78, 5) is 10.3. The zero-order valence-electron chi connectivity index (χ0n) is 9.11. The maximum atomic E-state index is 10.3. The van der Waals surface area contributed by atoms with Crippen LogP contribution in [0.25, 0.3) is 0 Å². The number of benzene rings is 1. The van der Waals surface area contributed by atoms with Gasteiger partial charge in [0.1, 0.15) is 11.5 Å². The Bertz CT molecular complexity index is 339. The number of hydrogen-bond acceptors (Lipinski definition) is 3. The summed E-state index contributed by atoms with van der Waals surface area (Å²) in [7, 11) is 3.19. The molecule has 1 amide bonds. The molecule has 0 radical (unpaired) electrons. The van der Waals surface area contributed by atoms with Crippen LogP contribution >= 0.6 is 0 Å². The van der Waals surface area contributed by atoms with Crippen LogP contribution in [-0.2, 0) is 4.79 Å². The van der Waals surface area contributed by atoms with Crippen molar-refractivity contribution in [2.45, 2.75) is 13.0 Å². The van der Waals surface area contributed by atoms with Crippen LogP contribution in [0.3, 0.4) is 0 Å². The van der Waals surface area contributed by atoms with Crippen molar-refractivity contribution < 1.29 is 14.3 Å². The molecule has 0 aliphatic heterocycles.